The first kappa shape index (κ1) is 10.3. The van der Waals surface area contributed by atoms with E-state index < -0.39 is 0 Å². The Labute approximate surface area is 99.7 Å². The number of aromatic nitrogens is 3. The van der Waals surface area contributed by atoms with Crippen molar-refractivity contribution in [3.05, 3.63) is 34.0 Å². The number of nitrogens with zero attached hydrogens (tertiary/aromatic N) is 3. The maximum Gasteiger partial charge on any atom is 0.181 e. The molecular formula is C9H6BrClN4. The van der Waals surface area contributed by atoms with Gasteiger partial charge in [-0.1, -0.05) is 11.6 Å². The van der Waals surface area contributed by atoms with Gasteiger partial charge in [0.15, 0.2) is 5.82 Å². The molecule has 0 amide bonds. The molecule has 6 heteroatoms. The Hall–Kier alpha value is -1.20. The number of hydrogen-bond donors (Lipinski definition) is 1. The van der Waals surface area contributed by atoms with Crippen LogP contribution in [0.15, 0.2) is 29.0 Å². The fourth-order valence-electron chi connectivity index (χ4n) is 1.04. The number of pyridine rings is 1. The van der Waals surface area contributed by atoms with Crippen molar-refractivity contribution in [1.82, 2.24) is 15.0 Å². The fourth-order valence-corrected chi connectivity index (χ4v) is 1.44. The van der Waals surface area contributed by atoms with Crippen LogP contribution in [0.3, 0.4) is 0 Å². The van der Waals surface area contributed by atoms with Gasteiger partial charge >= 0.3 is 0 Å². The summed E-state index contributed by atoms with van der Waals surface area (Å²) in [6.45, 7) is 0. The summed E-state index contributed by atoms with van der Waals surface area (Å²) in [5.41, 5.74) is 6.17. The minimum absolute atomic E-state index is 0.363. The number of rotatable bonds is 1. The maximum absolute atomic E-state index is 5.96. The van der Waals surface area contributed by atoms with Gasteiger partial charge in [0.2, 0.25) is 0 Å². The van der Waals surface area contributed by atoms with E-state index >= 15 is 0 Å². The first-order valence-corrected chi connectivity index (χ1v) is 5.24. The van der Waals surface area contributed by atoms with Gasteiger partial charge in [-0.3, -0.25) is 4.98 Å². The van der Waals surface area contributed by atoms with Crippen molar-refractivity contribution in [3.8, 4) is 11.5 Å². The quantitative estimate of drug-likeness (QED) is 0.874. The van der Waals surface area contributed by atoms with Crippen LogP contribution < -0.4 is 5.73 Å². The van der Waals surface area contributed by atoms with E-state index in [-0.39, 0.29) is 0 Å². The van der Waals surface area contributed by atoms with Crippen molar-refractivity contribution in [3.63, 3.8) is 0 Å². The molecule has 15 heavy (non-hydrogen) atoms. The number of halogens is 2. The lowest BCUT2D eigenvalue weighted by Crippen LogP contribution is -1.98. The predicted octanol–water partition coefficient (Wildman–Crippen LogP) is 2.54. The summed E-state index contributed by atoms with van der Waals surface area (Å²) in [7, 11) is 0. The lowest BCUT2D eigenvalue weighted by Gasteiger charge is -2.02. The molecule has 0 bridgehead atoms. The van der Waals surface area contributed by atoms with Gasteiger partial charge in [0.05, 0.1) is 9.50 Å². The molecular weight excluding hydrogens is 279 g/mol. The Morgan fingerprint density at radius 2 is 2.13 bits per heavy atom. The zero-order valence-electron chi connectivity index (χ0n) is 7.48. The number of anilines is 1. The van der Waals surface area contributed by atoms with Crippen LogP contribution in [0.2, 0.25) is 5.02 Å². The molecule has 2 aromatic rings. The normalized spacial score (nSPS) is 10.3. The summed E-state index contributed by atoms with van der Waals surface area (Å²) in [5, 5.41) is 0.499. The van der Waals surface area contributed by atoms with Crippen LogP contribution in [0, 0.1) is 0 Å². The minimum atomic E-state index is 0.363. The summed E-state index contributed by atoms with van der Waals surface area (Å²) >= 11 is 9.17. The van der Waals surface area contributed by atoms with Gasteiger partial charge in [-0.15, -0.1) is 0 Å². The standard InChI is InChI=1S/C9H6BrClN4/c10-5-4-14-9(15-8(5)12)7-6(11)2-1-3-13-7/h1-4H,(H2,12,14,15). The summed E-state index contributed by atoms with van der Waals surface area (Å²) < 4.78 is 0.651. The molecule has 2 aromatic heterocycles. The second kappa shape index (κ2) is 4.12. The van der Waals surface area contributed by atoms with E-state index in [2.05, 4.69) is 30.9 Å². The molecule has 0 saturated carbocycles. The Balaban J connectivity index is 2.55. The number of nitrogen functional groups attached to an aromatic ring is 1. The highest BCUT2D eigenvalue weighted by atomic mass is 79.9. The molecule has 0 aliphatic heterocycles. The molecule has 2 heterocycles. The highest BCUT2D eigenvalue weighted by Crippen LogP contribution is 2.24. The lowest BCUT2D eigenvalue weighted by molar-refractivity contribution is 1.14. The van der Waals surface area contributed by atoms with Crippen LogP contribution in [0.5, 0.6) is 0 Å². The summed E-state index contributed by atoms with van der Waals surface area (Å²) in [6, 6.07) is 3.47. The highest BCUT2D eigenvalue weighted by Gasteiger charge is 2.08. The molecule has 0 aliphatic carbocycles. The zero-order valence-corrected chi connectivity index (χ0v) is 9.83. The van der Waals surface area contributed by atoms with E-state index in [4.69, 9.17) is 17.3 Å². The van der Waals surface area contributed by atoms with Gasteiger partial charge in [-0.2, -0.15) is 0 Å². The molecule has 0 spiro atoms. The maximum atomic E-state index is 5.96. The largest absolute Gasteiger partial charge is 0.383 e. The van der Waals surface area contributed by atoms with Crippen LogP contribution in [0.25, 0.3) is 11.5 Å². The molecule has 4 nitrogen and oxygen atoms in total. The van der Waals surface area contributed by atoms with Crippen molar-refractivity contribution in [2.75, 3.05) is 5.73 Å². The van der Waals surface area contributed by atoms with E-state index in [0.717, 1.165) is 0 Å². The molecule has 0 radical (unpaired) electrons. The molecule has 0 atom stereocenters. The molecule has 0 aliphatic rings. The van der Waals surface area contributed by atoms with Gasteiger partial charge in [-0.05, 0) is 28.1 Å². The molecule has 2 N–H and O–H groups in total. The van der Waals surface area contributed by atoms with Crippen molar-refractivity contribution in [2.24, 2.45) is 0 Å². The van der Waals surface area contributed by atoms with Crippen LogP contribution in [0.4, 0.5) is 5.82 Å². The third-order valence-electron chi connectivity index (χ3n) is 1.74. The predicted molar refractivity (Wildman–Crippen MR) is 62.4 cm³/mol. The van der Waals surface area contributed by atoms with Crippen LogP contribution in [-0.2, 0) is 0 Å². The smallest absolute Gasteiger partial charge is 0.181 e. The lowest BCUT2D eigenvalue weighted by atomic mass is 10.3. The van der Waals surface area contributed by atoms with Crippen LogP contribution >= 0.6 is 27.5 Å². The summed E-state index contributed by atoms with van der Waals surface area (Å²) in [5.74, 6) is 0.781. The monoisotopic (exact) mass is 284 g/mol. The van der Waals surface area contributed by atoms with E-state index in [1.807, 2.05) is 0 Å². The van der Waals surface area contributed by atoms with Gasteiger partial charge in [0.1, 0.15) is 11.5 Å². The molecule has 2 rings (SSSR count). The fraction of sp³-hybridized carbons (Fsp3) is 0. The van der Waals surface area contributed by atoms with Gasteiger partial charge in [0, 0.05) is 12.4 Å². The van der Waals surface area contributed by atoms with E-state index in [1.165, 1.54) is 0 Å². The highest BCUT2D eigenvalue weighted by molar-refractivity contribution is 9.10. The second-order valence-electron chi connectivity index (χ2n) is 2.76. The van der Waals surface area contributed by atoms with Gasteiger partial charge in [0.25, 0.3) is 0 Å². The molecule has 0 fully saturated rings. The molecule has 0 saturated heterocycles. The zero-order chi connectivity index (χ0) is 10.8. The SMILES string of the molecule is Nc1nc(-c2ncccc2Cl)ncc1Br. The average molecular weight is 286 g/mol. The second-order valence-corrected chi connectivity index (χ2v) is 4.02. The van der Waals surface area contributed by atoms with E-state index in [1.54, 1.807) is 24.5 Å². The number of hydrogen-bond acceptors (Lipinski definition) is 4. The van der Waals surface area contributed by atoms with Gasteiger partial charge < -0.3 is 5.73 Å². The Bertz CT molecular complexity index is 503. The first-order valence-electron chi connectivity index (χ1n) is 4.07. The van der Waals surface area contributed by atoms with Crippen molar-refractivity contribution < 1.29 is 0 Å². The Morgan fingerprint density at radius 3 is 2.80 bits per heavy atom. The summed E-state index contributed by atoms with van der Waals surface area (Å²) in [6.07, 6.45) is 3.20. The summed E-state index contributed by atoms with van der Waals surface area (Å²) in [4.78, 5) is 12.3. The van der Waals surface area contributed by atoms with Crippen molar-refractivity contribution in [2.45, 2.75) is 0 Å². The Morgan fingerprint density at radius 1 is 1.33 bits per heavy atom. The first-order chi connectivity index (χ1) is 7.18. The average Bonchev–Trinajstić information content (AvgIpc) is 2.23. The van der Waals surface area contributed by atoms with E-state index in [0.29, 0.717) is 26.8 Å². The van der Waals surface area contributed by atoms with Gasteiger partial charge in [-0.25, -0.2) is 9.97 Å². The Kier molecular flexibility index (Phi) is 2.83. The molecule has 0 unspecified atom stereocenters. The van der Waals surface area contributed by atoms with Crippen molar-refractivity contribution >= 4 is 33.3 Å². The van der Waals surface area contributed by atoms with Crippen molar-refractivity contribution in [1.29, 1.82) is 0 Å². The molecule has 76 valence electrons. The molecule has 0 aromatic carbocycles. The number of nitrogens with two attached hydrogens (primary N) is 1. The third-order valence-corrected chi connectivity index (χ3v) is 2.66. The topological polar surface area (TPSA) is 64.7 Å². The van der Waals surface area contributed by atoms with E-state index in [9.17, 15) is 0 Å². The third kappa shape index (κ3) is 2.08. The van der Waals surface area contributed by atoms with Crippen LogP contribution in [0.1, 0.15) is 0 Å². The van der Waals surface area contributed by atoms with Crippen LogP contribution in [-0.4, -0.2) is 15.0 Å². The minimum Gasteiger partial charge on any atom is -0.383 e.